The standard InChI is InChI=1S/C18H22N4O5S/c1-4-6-13(14-8-12(26-7-5-2)9-15(23)27-14)20-17(24)18(19)10-28-16(21-18)11(3)22-25/h2,8-9,13,25H,4,6-7,10,19H2,1,3H3,(H,20,24)/b22-11+/t13-,18+/m1/s1. The molecule has 0 fully saturated rings. The lowest BCUT2D eigenvalue weighted by molar-refractivity contribution is -0.126. The third-order valence-electron chi connectivity index (χ3n) is 3.89. The zero-order valence-corrected chi connectivity index (χ0v) is 16.4. The number of terminal acetylenes is 1. The molecule has 1 aliphatic heterocycles. The molecular weight excluding hydrogens is 384 g/mol. The van der Waals surface area contributed by atoms with Crippen LogP contribution in [0, 0.1) is 12.3 Å². The molecule has 10 heteroatoms. The summed E-state index contributed by atoms with van der Waals surface area (Å²) in [5.41, 5.74) is 4.28. The van der Waals surface area contributed by atoms with Gasteiger partial charge < -0.3 is 19.7 Å². The third-order valence-corrected chi connectivity index (χ3v) is 5.14. The number of nitrogens with one attached hydrogen (secondary N) is 1. The number of aliphatic imine (C=N–C) groups is 1. The van der Waals surface area contributed by atoms with Crippen LogP contribution in [0.15, 0.2) is 31.5 Å². The molecule has 150 valence electrons. The fraction of sp³-hybridized carbons (Fsp3) is 0.444. The van der Waals surface area contributed by atoms with Crippen molar-refractivity contribution in [3.63, 3.8) is 0 Å². The maximum absolute atomic E-state index is 12.8. The Bertz CT molecular complexity index is 889. The molecule has 0 unspecified atom stereocenters. The van der Waals surface area contributed by atoms with Crippen LogP contribution >= 0.6 is 11.8 Å². The average molecular weight is 406 g/mol. The minimum Gasteiger partial charge on any atom is -0.481 e. The zero-order chi connectivity index (χ0) is 20.7. The first-order valence-corrected chi connectivity index (χ1v) is 9.54. The van der Waals surface area contributed by atoms with Gasteiger partial charge in [0.2, 0.25) is 0 Å². The van der Waals surface area contributed by atoms with E-state index >= 15 is 0 Å². The smallest absolute Gasteiger partial charge is 0.339 e. The zero-order valence-electron chi connectivity index (χ0n) is 15.6. The van der Waals surface area contributed by atoms with Crippen LogP contribution in [0.2, 0.25) is 0 Å². The van der Waals surface area contributed by atoms with Crippen LogP contribution < -0.4 is 21.4 Å². The summed E-state index contributed by atoms with van der Waals surface area (Å²) in [5.74, 6) is 2.47. The summed E-state index contributed by atoms with van der Waals surface area (Å²) in [7, 11) is 0. The predicted molar refractivity (Wildman–Crippen MR) is 107 cm³/mol. The van der Waals surface area contributed by atoms with E-state index in [2.05, 4.69) is 21.4 Å². The number of oxime groups is 1. The van der Waals surface area contributed by atoms with Gasteiger partial charge in [0.15, 0.2) is 5.66 Å². The Balaban J connectivity index is 2.25. The second kappa shape index (κ2) is 9.43. The van der Waals surface area contributed by atoms with Gasteiger partial charge >= 0.3 is 5.63 Å². The Hall–Kier alpha value is -2.77. The first-order chi connectivity index (χ1) is 13.3. The Morgan fingerprint density at radius 2 is 2.39 bits per heavy atom. The van der Waals surface area contributed by atoms with E-state index in [9.17, 15) is 9.59 Å². The number of amides is 1. The van der Waals surface area contributed by atoms with Gasteiger partial charge in [-0.3, -0.25) is 10.5 Å². The number of hydrogen-bond acceptors (Lipinski definition) is 9. The highest BCUT2D eigenvalue weighted by Crippen LogP contribution is 2.27. The summed E-state index contributed by atoms with van der Waals surface area (Å²) in [6.45, 7) is 3.49. The lowest BCUT2D eigenvalue weighted by Gasteiger charge is -2.24. The fourth-order valence-electron chi connectivity index (χ4n) is 2.48. The molecule has 2 heterocycles. The SMILES string of the molecule is C#CCOc1cc([C@@H](CCC)NC(=O)[C@]2(N)CSC(/C(C)=N/O)=N2)oc(=O)c1. The first-order valence-electron chi connectivity index (χ1n) is 8.55. The molecule has 0 bridgehead atoms. The molecule has 0 saturated carbocycles. The minimum absolute atomic E-state index is 0.0000835. The highest BCUT2D eigenvalue weighted by molar-refractivity contribution is 8.16. The summed E-state index contributed by atoms with van der Waals surface area (Å²) in [6, 6.07) is 2.09. The topological polar surface area (TPSA) is 140 Å². The number of ether oxygens (including phenoxy) is 1. The average Bonchev–Trinajstić information content (AvgIpc) is 3.08. The molecule has 0 saturated heterocycles. The van der Waals surface area contributed by atoms with Crippen LogP contribution in [-0.2, 0) is 4.79 Å². The van der Waals surface area contributed by atoms with Gasteiger partial charge in [-0.15, -0.1) is 18.2 Å². The van der Waals surface area contributed by atoms with Crippen LogP contribution in [0.3, 0.4) is 0 Å². The van der Waals surface area contributed by atoms with Crippen molar-refractivity contribution >= 4 is 28.4 Å². The van der Waals surface area contributed by atoms with Crippen molar-refractivity contribution in [3.05, 3.63) is 28.3 Å². The minimum atomic E-state index is -1.52. The molecule has 0 aromatic carbocycles. The number of rotatable bonds is 8. The summed E-state index contributed by atoms with van der Waals surface area (Å²) in [5, 5.41) is 15.1. The maximum atomic E-state index is 12.8. The van der Waals surface area contributed by atoms with Gasteiger partial charge in [-0.05, 0) is 13.3 Å². The monoisotopic (exact) mass is 406 g/mol. The number of thioether (sulfide) groups is 1. The van der Waals surface area contributed by atoms with Crippen LogP contribution in [0.1, 0.15) is 38.5 Å². The molecule has 0 spiro atoms. The van der Waals surface area contributed by atoms with E-state index in [1.807, 2.05) is 6.92 Å². The normalized spacial score (nSPS) is 20.2. The van der Waals surface area contributed by atoms with Crippen LogP contribution in [0.25, 0.3) is 0 Å². The molecule has 28 heavy (non-hydrogen) atoms. The van der Waals surface area contributed by atoms with Crippen molar-refractivity contribution in [1.29, 1.82) is 0 Å². The van der Waals surface area contributed by atoms with Crippen molar-refractivity contribution in [1.82, 2.24) is 5.32 Å². The molecule has 4 N–H and O–H groups in total. The van der Waals surface area contributed by atoms with E-state index in [1.54, 1.807) is 6.92 Å². The van der Waals surface area contributed by atoms with Crippen LogP contribution in [-0.4, -0.2) is 39.9 Å². The quantitative estimate of drug-likeness (QED) is 0.255. The summed E-state index contributed by atoms with van der Waals surface area (Å²) in [4.78, 5) is 28.8. The first kappa shape index (κ1) is 21.5. The lowest BCUT2D eigenvalue weighted by atomic mass is 10.1. The summed E-state index contributed by atoms with van der Waals surface area (Å²) < 4.78 is 10.5. The van der Waals surface area contributed by atoms with E-state index in [0.29, 0.717) is 17.9 Å². The van der Waals surface area contributed by atoms with Crippen molar-refractivity contribution in [2.75, 3.05) is 12.4 Å². The number of hydrogen-bond donors (Lipinski definition) is 3. The van der Waals surface area contributed by atoms with E-state index in [1.165, 1.54) is 23.9 Å². The molecule has 1 amide bonds. The van der Waals surface area contributed by atoms with Gasteiger partial charge in [-0.2, -0.15) is 0 Å². The van der Waals surface area contributed by atoms with Crippen molar-refractivity contribution in [2.24, 2.45) is 15.9 Å². The van der Waals surface area contributed by atoms with Crippen molar-refractivity contribution in [2.45, 2.75) is 38.4 Å². The third kappa shape index (κ3) is 5.15. The maximum Gasteiger partial charge on any atom is 0.339 e. The highest BCUT2D eigenvalue weighted by Gasteiger charge is 2.40. The molecule has 0 aliphatic carbocycles. The molecule has 0 radical (unpaired) electrons. The molecule has 9 nitrogen and oxygen atoms in total. The largest absolute Gasteiger partial charge is 0.481 e. The molecular formula is C18H22N4O5S. The van der Waals surface area contributed by atoms with E-state index in [-0.39, 0.29) is 29.6 Å². The highest BCUT2D eigenvalue weighted by atomic mass is 32.2. The fourth-order valence-corrected chi connectivity index (χ4v) is 3.51. The van der Waals surface area contributed by atoms with Gasteiger partial charge in [0.05, 0.1) is 12.1 Å². The van der Waals surface area contributed by atoms with E-state index in [0.717, 1.165) is 0 Å². The Labute approximate surface area is 166 Å². The summed E-state index contributed by atoms with van der Waals surface area (Å²) >= 11 is 1.22. The molecule has 1 aromatic rings. The number of nitrogens with zero attached hydrogens (tertiary/aromatic N) is 2. The van der Waals surface area contributed by atoms with Gasteiger partial charge in [0.1, 0.15) is 28.9 Å². The number of carbonyl (C=O) groups is 1. The number of carbonyl (C=O) groups excluding carboxylic acids is 1. The molecule has 1 aromatic heterocycles. The van der Waals surface area contributed by atoms with Crippen LogP contribution in [0.5, 0.6) is 5.75 Å². The van der Waals surface area contributed by atoms with E-state index < -0.39 is 23.2 Å². The van der Waals surface area contributed by atoms with Crippen molar-refractivity contribution in [3.8, 4) is 18.1 Å². The molecule has 2 rings (SSSR count). The Morgan fingerprint density at radius 1 is 1.64 bits per heavy atom. The van der Waals surface area contributed by atoms with Gasteiger partial charge in [-0.1, -0.05) is 24.4 Å². The van der Waals surface area contributed by atoms with Gasteiger partial charge in [0.25, 0.3) is 5.91 Å². The van der Waals surface area contributed by atoms with Gasteiger partial charge in [-0.25, -0.2) is 9.79 Å². The molecule has 1 aliphatic rings. The Morgan fingerprint density at radius 3 is 3.04 bits per heavy atom. The van der Waals surface area contributed by atoms with Gasteiger partial charge in [0, 0.05) is 11.8 Å². The summed E-state index contributed by atoms with van der Waals surface area (Å²) in [6.07, 6.45) is 6.38. The Kier molecular flexibility index (Phi) is 7.25. The lowest BCUT2D eigenvalue weighted by Crippen LogP contribution is -2.54. The van der Waals surface area contributed by atoms with Crippen molar-refractivity contribution < 1.29 is 19.2 Å². The van der Waals surface area contributed by atoms with E-state index in [4.69, 9.17) is 26.5 Å². The predicted octanol–water partition coefficient (Wildman–Crippen LogP) is 1.26. The second-order valence-corrected chi connectivity index (χ2v) is 7.10. The number of nitrogens with two attached hydrogens (primary N) is 1. The van der Waals surface area contributed by atoms with Crippen LogP contribution in [0.4, 0.5) is 0 Å². The second-order valence-electron chi connectivity index (χ2n) is 6.14. The molecule has 2 atom stereocenters.